The molecule has 0 unspecified atom stereocenters. The van der Waals surface area contributed by atoms with Crippen LogP contribution in [0.25, 0.3) is 22.5 Å². The van der Waals surface area contributed by atoms with Gasteiger partial charge in [0, 0.05) is 11.8 Å². The number of nitrogen functional groups attached to an aromatic ring is 1. The molecule has 0 spiro atoms. The maximum absolute atomic E-state index is 5.93. The molecular weight excluding hydrogens is 250 g/mol. The first-order valence-electron chi connectivity index (χ1n) is 6.41. The van der Waals surface area contributed by atoms with Crippen LogP contribution in [0.15, 0.2) is 47.1 Å². The van der Waals surface area contributed by atoms with Gasteiger partial charge in [-0.3, -0.25) is 4.98 Å². The Morgan fingerprint density at radius 3 is 2.65 bits per heavy atom. The molecule has 0 fully saturated rings. The summed E-state index contributed by atoms with van der Waals surface area (Å²) in [6.07, 6.45) is 1.73. The van der Waals surface area contributed by atoms with Crippen LogP contribution >= 0.6 is 0 Å². The number of hydrogen-bond acceptors (Lipinski definition) is 4. The molecule has 1 aromatic carbocycles. The summed E-state index contributed by atoms with van der Waals surface area (Å²) in [6, 6.07) is 11.8. The van der Waals surface area contributed by atoms with E-state index < -0.39 is 0 Å². The predicted molar refractivity (Wildman–Crippen MR) is 79.1 cm³/mol. The molecule has 3 aromatic rings. The minimum atomic E-state index is 0.291. The summed E-state index contributed by atoms with van der Waals surface area (Å²) in [6.45, 7) is 4.14. The van der Waals surface area contributed by atoms with Gasteiger partial charge in [-0.2, -0.15) is 0 Å². The lowest BCUT2D eigenvalue weighted by atomic mass is 9.97. The third kappa shape index (κ3) is 1.95. The summed E-state index contributed by atoms with van der Waals surface area (Å²) in [4.78, 5) is 4.34. The fourth-order valence-electron chi connectivity index (χ4n) is 2.25. The van der Waals surface area contributed by atoms with Crippen LogP contribution in [0.4, 0.5) is 5.88 Å². The van der Waals surface area contributed by atoms with Crippen molar-refractivity contribution < 1.29 is 4.52 Å². The highest BCUT2D eigenvalue weighted by molar-refractivity contribution is 5.86. The van der Waals surface area contributed by atoms with Crippen LogP contribution in [0, 0.1) is 13.8 Å². The predicted octanol–water partition coefficient (Wildman–Crippen LogP) is 3.60. The molecule has 2 heterocycles. The van der Waals surface area contributed by atoms with E-state index in [1.807, 2.05) is 30.3 Å². The van der Waals surface area contributed by atoms with Gasteiger partial charge in [-0.15, -0.1) is 0 Å². The van der Waals surface area contributed by atoms with Crippen molar-refractivity contribution in [2.24, 2.45) is 0 Å². The Kier molecular flexibility index (Phi) is 2.99. The van der Waals surface area contributed by atoms with Crippen molar-refractivity contribution >= 4 is 5.88 Å². The van der Waals surface area contributed by atoms with Crippen molar-refractivity contribution in [2.45, 2.75) is 13.8 Å². The van der Waals surface area contributed by atoms with Crippen LogP contribution < -0.4 is 5.73 Å². The lowest BCUT2D eigenvalue weighted by Gasteiger charge is -2.07. The molecular formula is C16H15N3O. The van der Waals surface area contributed by atoms with Crippen LogP contribution in [0.1, 0.15) is 11.1 Å². The molecule has 0 aliphatic carbocycles. The Hall–Kier alpha value is -2.62. The van der Waals surface area contributed by atoms with E-state index in [2.05, 4.69) is 30.1 Å². The van der Waals surface area contributed by atoms with E-state index in [9.17, 15) is 0 Å². The average Bonchev–Trinajstić information content (AvgIpc) is 2.84. The van der Waals surface area contributed by atoms with Crippen molar-refractivity contribution in [3.63, 3.8) is 0 Å². The van der Waals surface area contributed by atoms with Crippen molar-refractivity contribution in [2.75, 3.05) is 5.73 Å². The third-order valence-electron chi connectivity index (χ3n) is 3.50. The van der Waals surface area contributed by atoms with E-state index in [1.54, 1.807) is 6.20 Å². The Bertz CT molecular complexity index is 748. The molecule has 0 bridgehead atoms. The molecule has 0 aliphatic rings. The fourth-order valence-corrected chi connectivity index (χ4v) is 2.25. The number of anilines is 1. The van der Waals surface area contributed by atoms with Gasteiger partial charge in [0.25, 0.3) is 0 Å². The number of aryl methyl sites for hydroxylation is 1. The summed E-state index contributed by atoms with van der Waals surface area (Å²) in [5.74, 6) is 0.291. The van der Waals surface area contributed by atoms with Gasteiger partial charge in [-0.25, -0.2) is 0 Å². The van der Waals surface area contributed by atoms with Gasteiger partial charge in [-0.05, 0) is 37.1 Å². The second-order valence-electron chi connectivity index (χ2n) is 4.73. The molecule has 0 atom stereocenters. The number of hydrogen-bond donors (Lipinski definition) is 1. The number of nitrogens with zero attached hydrogens (tertiary/aromatic N) is 2. The molecule has 20 heavy (non-hydrogen) atoms. The summed E-state index contributed by atoms with van der Waals surface area (Å²) >= 11 is 0. The molecule has 0 aliphatic heterocycles. The van der Waals surface area contributed by atoms with E-state index in [0.717, 1.165) is 28.1 Å². The SMILES string of the molecule is Cc1cccc(-c2noc(N)c2-c2ccccn2)c1C. The summed E-state index contributed by atoms with van der Waals surface area (Å²) in [5, 5.41) is 4.12. The number of nitrogens with two attached hydrogens (primary N) is 1. The highest BCUT2D eigenvalue weighted by atomic mass is 16.5. The second-order valence-corrected chi connectivity index (χ2v) is 4.73. The van der Waals surface area contributed by atoms with E-state index >= 15 is 0 Å². The van der Waals surface area contributed by atoms with E-state index in [0.29, 0.717) is 5.88 Å². The largest absolute Gasteiger partial charge is 0.367 e. The van der Waals surface area contributed by atoms with Gasteiger partial charge in [-0.1, -0.05) is 29.4 Å². The monoisotopic (exact) mass is 265 g/mol. The molecule has 100 valence electrons. The maximum Gasteiger partial charge on any atom is 0.232 e. The second kappa shape index (κ2) is 4.81. The van der Waals surface area contributed by atoms with E-state index in [1.165, 1.54) is 5.56 Å². The average molecular weight is 265 g/mol. The normalized spacial score (nSPS) is 10.7. The van der Waals surface area contributed by atoms with Gasteiger partial charge in [0.1, 0.15) is 5.69 Å². The maximum atomic E-state index is 5.93. The molecule has 0 amide bonds. The van der Waals surface area contributed by atoms with Gasteiger partial charge < -0.3 is 10.3 Å². The van der Waals surface area contributed by atoms with Crippen LogP contribution in [0.3, 0.4) is 0 Å². The Labute approximate surface area is 117 Å². The zero-order chi connectivity index (χ0) is 14.1. The molecule has 4 heteroatoms. The summed E-state index contributed by atoms with van der Waals surface area (Å²) in [5.41, 5.74) is 11.6. The number of pyridine rings is 1. The number of benzene rings is 1. The topological polar surface area (TPSA) is 64.9 Å². The van der Waals surface area contributed by atoms with E-state index in [4.69, 9.17) is 10.3 Å². The highest BCUT2D eigenvalue weighted by Crippen LogP contribution is 2.36. The van der Waals surface area contributed by atoms with Crippen LogP contribution in [-0.4, -0.2) is 10.1 Å². The third-order valence-corrected chi connectivity index (χ3v) is 3.50. The Morgan fingerprint density at radius 2 is 1.90 bits per heavy atom. The van der Waals surface area contributed by atoms with Gasteiger partial charge >= 0.3 is 0 Å². The first-order chi connectivity index (χ1) is 9.68. The van der Waals surface area contributed by atoms with Crippen LogP contribution in [0.2, 0.25) is 0 Å². The lowest BCUT2D eigenvalue weighted by Crippen LogP contribution is -1.92. The van der Waals surface area contributed by atoms with Gasteiger partial charge in [0.05, 0.1) is 11.3 Å². The zero-order valence-electron chi connectivity index (χ0n) is 11.4. The first-order valence-corrected chi connectivity index (χ1v) is 6.41. The molecule has 2 N–H and O–H groups in total. The minimum Gasteiger partial charge on any atom is -0.367 e. The van der Waals surface area contributed by atoms with Crippen LogP contribution in [-0.2, 0) is 0 Å². The van der Waals surface area contributed by atoms with Crippen molar-refractivity contribution in [1.29, 1.82) is 0 Å². The van der Waals surface area contributed by atoms with Crippen LogP contribution in [0.5, 0.6) is 0 Å². The first kappa shape index (κ1) is 12.4. The van der Waals surface area contributed by atoms with Crippen molar-refractivity contribution in [1.82, 2.24) is 10.1 Å². The Balaban J connectivity index is 2.24. The molecule has 0 radical (unpaired) electrons. The van der Waals surface area contributed by atoms with Gasteiger partial charge in [0.15, 0.2) is 0 Å². The molecule has 2 aromatic heterocycles. The molecule has 0 saturated carbocycles. The molecule has 0 saturated heterocycles. The number of rotatable bonds is 2. The highest BCUT2D eigenvalue weighted by Gasteiger charge is 2.19. The quantitative estimate of drug-likeness (QED) is 0.768. The van der Waals surface area contributed by atoms with E-state index in [-0.39, 0.29) is 0 Å². The summed E-state index contributed by atoms with van der Waals surface area (Å²) in [7, 11) is 0. The zero-order valence-corrected chi connectivity index (χ0v) is 11.4. The van der Waals surface area contributed by atoms with Gasteiger partial charge in [0.2, 0.25) is 5.88 Å². The lowest BCUT2D eigenvalue weighted by molar-refractivity contribution is 0.439. The standard InChI is InChI=1S/C16H15N3O/c1-10-6-5-7-12(11(10)2)15-14(16(17)20-19-15)13-8-3-4-9-18-13/h3-9H,17H2,1-2H3. The number of aromatic nitrogens is 2. The minimum absolute atomic E-state index is 0.291. The molecule has 4 nitrogen and oxygen atoms in total. The smallest absolute Gasteiger partial charge is 0.232 e. The van der Waals surface area contributed by atoms with Crippen molar-refractivity contribution in [3.05, 3.63) is 53.7 Å². The van der Waals surface area contributed by atoms with Crippen molar-refractivity contribution in [3.8, 4) is 22.5 Å². The fraction of sp³-hybridized carbons (Fsp3) is 0.125. The molecule has 3 rings (SSSR count). The Morgan fingerprint density at radius 1 is 1.05 bits per heavy atom. The summed E-state index contributed by atoms with van der Waals surface area (Å²) < 4.78 is 5.19.